The molecule has 3 aromatic carbocycles. The Labute approximate surface area is 258 Å². The largest absolute Gasteiger partial charge is 0.543 e. The van der Waals surface area contributed by atoms with Gasteiger partial charge in [0, 0.05) is 31.5 Å². The number of halogens is 2. The minimum atomic E-state index is -2.06. The molecule has 2 aliphatic rings. The van der Waals surface area contributed by atoms with E-state index in [1.807, 2.05) is 12.1 Å². The lowest BCUT2D eigenvalue weighted by atomic mass is 9.69. The second kappa shape index (κ2) is 13.5. The Morgan fingerprint density at radius 1 is 0.814 bits per heavy atom. The molecule has 5 rings (SSSR count). The van der Waals surface area contributed by atoms with Gasteiger partial charge in [0.05, 0.1) is 6.67 Å². The van der Waals surface area contributed by atoms with Crippen LogP contribution in [0.3, 0.4) is 0 Å². The van der Waals surface area contributed by atoms with Crippen molar-refractivity contribution in [3.05, 3.63) is 94.8 Å². The summed E-state index contributed by atoms with van der Waals surface area (Å²) in [6, 6.07) is 22.3. The van der Waals surface area contributed by atoms with Crippen molar-refractivity contribution in [3.63, 3.8) is 0 Å². The van der Waals surface area contributed by atoms with E-state index in [9.17, 15) is 8.78 Å². The van der Waals surface area contributed by atoms with E-state index in [-0.39, 0.29) is 30.2 Å². The Balaban J connectivity index is 1.41. The summed E-state index contributed by atoms with van der Waals surface area (Å²) in [5.74, 6) is 2.24. The minimum absolute atomic E-state index is 0.151. The molecule has 1 heterocycles. The summed E-state index contributed by atoms with van der Waals surface area (Å²) in [4.78, 5) is 2.23. The third-order valence-corrected chi connectivity index (χ3v) is 16.0. The maximum Gasteiger partial charge on any atom is 0.258 e. The lowest BCUT2D eigenvalue weighted by Gasteiger charge is -2.42. The van der Waals surface area contributed by atoms with Crippen LogP contribution in [0.1, 0.15) is 82.1 Å². The van der Waals surface area contributed by atoms with Crippen LogP contribution in [-0.4, -0.2) is 46.1 Å². The van der Waals surface area contributed by atoms with E-state index in [0.29, 0.717) is 23.2 Å². The Morgan fingerprint density at radius 3 is 2.02 bits per heavy atom. The lowest BCUT2D eigenvalue weighted by molar-refractivity contribution is 0.0668. The summed E-state index contributed by atoms with van der Waals surface area (Å²) in [6.07, 6.45) is 1.95. The molecule has 232 valence electrons. The predicted molar refractivity (Wildman–Crippen MR) is 175 cm³/mol. The number of benzene rings is 3. The first-order valence-electron chi connectivity index (χ1n) is 16.2. The van der Waals surface area contributed by atoms with E-state index in [0.717, 1.165) is 44.0 Å². The standard InChI is InChI=1S/C37H49F2NO2Si/c1-25(2)43(26(3)4,27(5)6)42-34-16-18-36-31(21-34)11-17-35(29-7-12-32(39)13-8-29)37(36)30-9-14-33(15-10-30)41-20-19-40-23-28(22-38)24-40/h7-10,12-16,18,21,25-28,35,37H,11,17,19-20,22-24H2,1-6H3. The fraction of sp³-hybridized carbons (Fsp3) is 0.514. The van der Waals surface area contributed by atoms with Gasteiger partial charge in [-0.25, -0.2) is 4.39 Å². The number of rotatable bonds is 12. The van der Waals surface area contributed by atoms with Crippen molar-refractivity contribution in [1.82, 2.24) is 4.90 Å². The van der Waals surface area contributed by atoms with Crippen LogP contribution < -0.4 is 9.16 Å². The molecule has 1 fully saturated rings. The van der Waals surface area contributed by atoms with Crippen LogP contribution in [0, 0.1) is 11.7 Å². The normalized spacial score (nSPS) is 19.5. The van der Waals surface area contributed by atoms with Crippen molar-refractivity contribution in [2.24, 2.45) is 5.92 Å². The second-order valence-electron chi connectivity index (χ2n) is 13.7. The lowest BCUT2D eigenvalue weighted by Crippen LogP contribution is -2.50. The maximum atomic E-state index is 13.9. The van der Waals surface area contributed by atoms with E-state index < -0.39 is 8.32 Å². The van der Waals surface area contributed by atoms with Crippen LogP contribution in [0.5, 0.6) is 11.5 Å². The molecule has 2 atom stereocenters. The van der Waals surface area contributed by atoms with Gasteiger partial charge in [-0.05, 0) is 94.0 Å². The van der Waals surface area contributed by atoms with Crippen molar-refractivity contribution in [2.45, 2.75) is 82.8 Å². The molecule has 3 nitrogen and oxygen atoms in total. The Kier molecular flexibility index (Phi) is 9.97. The molecule has 3 aromatic rings. The van der Waals surface area contributed by atoms with Crippen LogP contribution in [0.25, 0.3) is 0 Å². The zero-order chi connectivity index (χ0) is 30.7. The van der Waals surface area contributed by atoms with Crippen LogP contribution in [0.15, 0.2) is 66.7 Å². The SMILES string of the molecule is CC(C)[Si](Oc1ccc2c(c1)CCC(c1ccc(F)cc1)C2c1ccc(OCCN2CC(CF)C2)cc1)(C(C)C)C(C)C. The summed E-state index contributed by atoms with van der Waals surface area (Å²) in [5.41, 5.74) is 6.62. The summed E-state index contributed by atoms with van der Waals surface area (Å²) in [6.45, 7) is 16.8. The zero-order valence-electron chi connectivity index (χ0n) is 26.8. The summed E-state index contributed by atoms with van der Waals surface area (Å²) in [7, 11) is -2.06. The molecule has 0 saturated carbocycles. The van der Waals surface area contributed by atoms with Crippen molar-refractivity contribution in [3.8, 4) is 11.5 Å². The number of nitrogens with zero attached hydrogens (tertiary/aromatic N) is 1. The molecule has 0 radical (unpaired) electrons. The van der Waals surface area contributed by atoms with Gasteiger partial charge in [0.1, 0.15) is 23.9 Å². The molecule has 0 amide bonds. The minimum Gasteiger partial charge on any atom is -0.543 e. The van der Waals surface area contributed by atoms with Gasteiger partial charge in [-0.3, -0.25) is 9.29 Å². The molecule has 0 aromatic heterocycles. The quantitative estimate of drug-likeness (QED) is 0.192. The number of ether oxygens (including phenoxy) is 1. The number of hydrogen-bond donors (Lipinski definition) is 0. The molecule has 1 aliphatic heterocycles. The molecule has 43 heavy (non-hydrogen) atoms. The molecular formula is C37H49F2NO2Si. The first kappa shape index (κ1) is 31.7. The zero-order valence-corrected chi connectivity index (χ0v) is 27.8. The fourth-order valence-corrected chi connectivity index (χ4v) is 13.2. The topological polar surface area (TPSA) is 21.7 Å². The number of hydrogen-bond acceptors (Lipinski definition) is 3. The Morgan fingerprint density at radius 2 is 1.42 bits per heavy atom. The van der Waals surface area contributed by atoms with E-state index >= 15 is 0 Å². The molecule has 1 aliphatic carbocycles. The maximum absolute atomic E-state index is 13.9. The summed E-state index contributed by atoms with van der Waals surface area (Å²) >= 11 is 0. The number of fused-ring (bicyclic) bond motifs is 1. The fourth-order valence-electron chi connectivity index (χ4n) is 7.92. The number of aryl methyl sites for hydroxylation is 1. The predicted octanol–water partition coefficient (Wildman–Crippen LogP) is 9.52. The number of likely N-dealkylation sites (tertiary alicyclic amines) is 1. The van der Waals surface area contributed by atoms with Crippen molar-refractivity contribution in [1.29, 1.82) is 0 Å². The van der Waals surface area contributed by atoms with Crippen LogP contribution in [-0.2, 0) is 6.42 Å². The Bertz CT molecular complexity index is 1310. The van der Waals surface area contributed by atoms with E-state index in [1.165, 1.54) is 22.3 Å². The van der Waals surface area contributed by atoms with Crippen molar-refractivity contribution >= 4 is 8.32 Å². The van der Waals surface area contributed by atoms with Gasteiger partial charge in [-0.15, -0.1) is 0 Å². The second-order valence-corrected chi connectivity index (χ2v) is 19.0. The highest BCUT2D eigenvalue weighted by Gasteiger charge is 2.47. The molecular weight excluding hydrogens is 556 g/mol. The molecule has 0 bridgehead atoms. The van der Waals surface area contributed by atoms with Gasteiger partial charge in [0.25, 0.3) is 8.32 Å². The molecule has 0 N–H and O–H groups in total. The van der Waals surface area contributed by atoms with Gasteiger partial charge in [0.2, 0.25) is 0 Å². The highest BCUT2D eigenvalue weighted by atomic mass is 28.4. The van der Waals surface area contributed by atoms with E-state index in [4.69, 9.17) is 9.16 Å². The van der Waals surface area contributed by atoms with Crippen LogP contribution in [0.4, 0.5) is 8.78 Å². The van der Waals surface area contributed by atoms with Crippen molar-refractivity contribution < 1.29 is 17.9 Å². The van der Waals surface area contributed by atoms with Gasteiger partial charge < -0.3 is 9.16 Å². The van der Waals surface area contributed by atoms with Gasteiger partial charge in [-0.2, -0.15) is 0 Å². The van der Waals surface area contributed by atoms with Crippen LogP contribution >= 0.6 is 0 Å². The average molecular weight is 606 g/mol. The molecule has 6 heteroatoms. The molecule has 1 saturated heterocycles. The highest BCUT2D eigenvalue weighted by Crippen LogP contribution is 2.48. The summed E-state index contributed by atoms with van der Waals surface area (Å²) in [5, 5.41) is 0. The highest BCUT2D eigenvalue weighted by molar-refractivity contribution is 6.78. The van der Waals surface area contributed by atoms with Crippen molar-refractivity contribution in [2.75, 3.05) is 32.9 Å². The Hall–Kier alpha value is -2.70. The smallest absolute Gasteiger partial charge is 0.258 e. The van der Waals surface area contributed by atoms with Gasteiger partial charge >= 0.3 is 0 Å². The van der Waals surface area contributed by atoms with Gasteiger partial charge in [0.15, 0.2) is 0 Å². The van der Waals surface area contributed by atoms with Gasteiger partial charge in [-0.1, -0.05) is 71.9 Å². The van der Waals surface area contributed by atoms with Crippen LogP contribution in [0.2, 0.25) is 16.6 Å². The molecule has 0 spiro atoms. The monoisotopic (exact) mass is 605 g/mol. The molecule has 2 unspecified atom stereocenters. The first-order chi connectivity index (χ1) is 20.6. The summed E-state index contributed by atoms with van der Waals surface area (Å²) < 4.78 is 39.7. The first-order valence-corrected chi connectivity index (χ1v) is 18.3. The number of alkyl halides is 1. The van der Waals surface area contributed by atoms with E-state index in [1.54, 1.807) is 12.1 Å². The third kappa shape index (κ3) is 6.70. The van der Waals surface area contributed by atoms with E-state index in [2.05, 4.69) is 88.9 Å². The average Bonchev–Trinajstić information content (AvgIpc) is 2.96. The third-order valence-electron chi connectivity index (χ3n) is 10.0.